The van der Waals surface area contributed by atoms with E-state index in [-0.39, 0.29) is 19.5 Å². The molecule has 0 heterocycles. The van der Waals surface area contributed by atoms with E-state index < -0.39 is 6.15 Å². The fraction of sp³-hybridized carbons (Fsp3) is 0.146. The summed E-state index contributed by atoms with van der Waals surface area (Å²) in [6, 6.07) is 53.8. The minimum Gasteiger partial charge on any atom is -0.196 e. The Morgan fingerprint density at radius 1 is 0.372 bits per heavy atom. The molecule has 0 aromatic heterocycles. The molecule has 6 aromatic rings. The number of rotatable bonds is 4. The van der Waals surface area contributed by atoms with E-state index in [4.69, 9.17) is 0 Å². The van der Waals surface area contributed by atoms with E-state index in [1.54, 1.807) is 0 Å². The molecule has 0 saturated carbocycles. The van der Waals surface area contributed by atoms with Gasteiger partial charge in [-0.05, 0) is 6.92 Å². The zero-order valence-electron chi connectivity index (χ0n) is 26.4. The van der Waals surface area contributed by atoms with Crippen LogP contribution in [-0.4, -0.2) is 6.15 Å². The van der Waals surface area contributed by atoms with Crippen LogP contribution in [0.1, 0.15) is 33.4 Å². The van der Waals surface area contributed by atoms with Gasteiger partial charge in [0.15, 0.2) is 0 Å². The summed E-state index contributed by atoms with van der Waals surface area (Å²) in [6.45, 7) is 13.1. The van der Waals surface area contributed by atoms with Crippen molar-refractivity contribution in [2.45, 2.75) is 41.5 Å². The van der Waals surface area contributed by atoms with Crippen molar-refractivity contribution in [1.29, 1.82) is 0 Å². The van der Waals surface area contributed by atoms with Crippen molar-refractivity contribution in [3.8, 4) is 0 Å². The molecule has 1 radical (unpaired) electrons. The van der Waals surface area contributed by atoms with E-state index in [1.165, 1.54) is 55.2 Å². The molecule has 0 amide bonds. The quantitative estimate of drug-likeness (QED) is 0.134. The first-order chi connectivity index (χ1) is 20.4. The summed E-state index contributed by atoms with van der Waals surface area (Å²) in [5.41, 5.74) is 14.0. The molecule has 6 aromatic carbocycles. The summed E-state index contributed by atoms with van der Waals surface area (Å²) >= 11 is 0. The van der Waals surface area contributed by atoms with Crippen molar-refractivity contribution in [2.75, 3.05) is 0 Å². The maximum absolute atomic E-state index is 2.26. The van der Waals surface area contributed by atoms with Gasteiger partial charge in [-0.1, -0.05) is 192 Å². The molecular weight excluding hydrogens is 604 g/mol. The number of aryl methyl sites for hydroxylation is 1. The summed E-state index contributed by atoms with van der Waals surface area (Å²) in [4.78, 5) is 0. The third-order valence-corrected chi connectivity index (χ3v) is 8.95. The standard InChI is InChI=1S/C24H20B.C10H15.C7H8.Ru/c1-5-13-21(14-6-1)25(22-15-7-2-8-16-22,23-17-9-3-10-18-23)24-19-11-4-12-20-24;1-6-7(2)9(4)10(5)8(6)3;1-7-5-3-2-4-6-7;/h1-20H;1-5H3;2-6H,1H3;/q2*-1;;+1. The van der Waals surface area contributed by atoms with Crippen LogP contribution < -0.4 is 21.9 Å². The average molecular weight is 648 g/mol. The van der Waals surface area contributed by atoms with E-state index in [0.717, 1.165) is 0 Å². The Kier molecular flexibility index (Phi) is 12.6. The van der Waals surface area contributed by atoms with Crippen LogP contribution in [0.4, 0.5) is 0 Å². The first kappa shape index (κ1) is 33.6. The molecule has 0 N–H and O–H groups in total. The van der Waals surface area contributed by atoms with Crippen LogP contribution >= 0.6 is 0 Å². The fourth-order valence-electron chi connectivity index (χ4n) is 6.06. The molecule has 0 atom stereocenters. The summed E-state index contributed by atoms with van der Waals surface area (Å²) in [6.07, 6.45) is -1.22. The van der Waals surface area contributed by atoms with Gasteiger partial charge in [0.2, 0.25) is 0 Å². The molecule has 2 heteroatoms. The molecule has 0 saturated heterocycles. The Morgan fingerprint density at radius 3 is 0.767 bits per heavy atom. The van der Waals surface area contributed by atoms with Crippen molar-refractivity contribution in [3.05, 3.63) is 185 Å². The van der Waals surface area contributed by atoms with E-state index in [1.807, 2.05) is 18.2 Å². The SMILES string of the molecule is Cc1c(C)c(C)[c-](C)c1C.Cc1ccccc1.[Ru+].c1ccc([B-](c2ccccc2)(c2ccccc2)c2ccccc2)cc1. The van der Waals surface area contributed by atoms with Gasteiger partial charge in [0.1, 0.15) is 6.15 Å². The van der Waals surface area contributed by atoms with Crippen LogP contribution in [0.25, 0.3) is 0 Å². The van der Waals surface area contributed by atoms with Crippen LogP contribution in [0.15, 0.2) is 152 Å². The molecule has 0 aliphatic rings. The summed E-state index contributed by atoms with van der Waals surface area (Å²) in [5.74, 6) is 0. The summed E-state index contributed by atoms with van der Waals surface area (Å²) < 4.78 is 0. The second-order valence-electron chi connectivity index (χ2n) is 11.3. The van der Waals surface area contributed by atoms with Crippen LogP contribution in [0, 0.1) is 41.5 Å². The molecule has 43 heavy (non-hydrogen) atoms. The maximum atomic E-state index is 2.26. The van der Waals surface area contributed by atoms with Crippen molar-refractivity contribution in [1.82, 2.24) is 0 Å². The monoisotopic (exact) mass is 648 g/mol. The number of benzene rings is 5. The van der Waals surface area contributed by atoms with Gasteiger partial charge in [0, 0.05) is 0 Å². The van der Waals surface area contributed by atoms with Gasteiger partial charge in [-0.15, -0.1) is 0 Å². The van der Waals surface area contributed by atoms with Crippen molar-refractivity contribution >= 4 is 28.0 Å². The van der Waals surface area contributed by atoms with E-state index in [9.17, 15) is 0 Å². The van der Waals surface area contributed by atoms with Crippen molar-refractivity contribution < 1.29 is 19.5 Å². The Hall–Kier alpha value is -3.86. The second kappa shape index (κ2) is 16.1. The molecule has 0 unspecified atom stereocenters. The predicted molar refractivity (Wildman–Crippen MR) is 187 cm³/mol. The number of hydrogen-bond donors (Lipinski definition) is 0. The minimum absolute atomic E-state index is 0. The molecule has 0 spiro atoms. The Balaban J connectivity index is 0.000000231. The van der Waals surface area contributed by atoms with Gasteiger partial charge in [-0.3, -0.25) is 0 Å². The third-order valence-electron chi connectivity index (χ3n) is 8.95. The van der Waals surface area contributed by atoms with Gasteiger partial charge < -0.3 is 0 Å². The normalized spacial score (nSPS) is 10.4. The second-order valence-corrected chi connectivity index (χ2v) is 11.3. The summed E-state index contributed by atoms with van der Waals surface area (Å²) in [7, 11) is 0. The third kappa shape index (κ3) is 7.76. The van der Waals surface area contributed by atoms with Crippen molar-refractivity contribution in [3.63, 3.8) is 0 Å². The van der Waals surface area contributed by atoms with Gasteiger partial charge in [-0.25, -0.2) is 0 Å². The zero-order chi connectivity index (χ0) is 30.0. The minimum atomic E-state index is -1.22. The predicted octanol–water partition coefficient (Wildman–Crippen LogP) is 8.00. The largest absolute Gasteiger partial charge is 1.00 e. The van der Waals surface area contributed by atoms with Crippen LogP contribution in [-0.2, 0) is 19.5 Å². The first-order valence-corrected chi connectivity index (χ1v) is 15.0. The van der Waals surface area contributed by atoms with Crippen LogP contribution in [0.2, 0.25) is 0 Å². The molecule has 219 valence electrons. The molecule has 0 aliphatic heterocycles. The van der Waals surface area contributed by atoms with E-state index in [2.05, 4.69) is 175 Å². The Morgan fingerprint density at radius 2 is 0.605 bits per heavy atom. The number of hydrogen-bond acceptors (Lipinski definition) is 0. The van der Waals surface area contributed by atoms with Crippen LogP contribution in [0.3, 0.4) is 0 Å². The van der Waals surface area contributed by atoms with Gasteiger partial charge >= 0.3 is 19.5 Å². The smallest absolute Gasteiger partial charge is 0.196 e. The Bertz CT molecular complexity index is 1400. The van der Waals surface area contributed by atoms with E-state index in [0.29, 0.717) is 0 Å². The van der Waals surface area contributed by atoms with Crippen LogP contribution in [0.5, 0.6) is 0 Å². The Labute approximate surface area is 272 Å². The fourth-order valence-corrected chi connectivity index (χ4v) is 6.06. The van der Waals surface area contributed by atoms with E-state index >= 15 is 0 Å². The average Bonchev–Trinajstić information content (AvgIpc) is 3.22. The topological polar surface area (TPSA) is 0 Å². The zero-order valence-corrected chi connectivity index (χ0v) is 28.1. The summed E-state index contributed by atoms with van der Waals surface area (Å²) in [5, 5.41) is 0. The molecule has 0 aliphatic carbocycles. The first-order valence-electron chi connectivity index (χ1n) is 15.0. The van der Waals surface area contributed by atoms with Gasteiger partial charge in [0.25, 0.3) is 0 Å². The molecule has 0 nitrogen and oxygen atoms in total. The molecule has 6 rings (SSSR count). The maximum Gasteiger partial charge on any atom is 1.00 e. The molecule has 0 fully saturated rings. The van der Waals surface area contributed by atoms with Crippen molar-refractivity contribution in [2.24, 2.45) is 0 Å². The van der Waals surface area contributed by atoms with Gasteiger partial charge in [-0.2, -0.15) is 49.7 Å². The molecule has 0 bridgehead atoms. The van der Waals surface area contributed by atoms with Gasteiger partial charge in [0.05, 0.1) is 0 Å². The molecular formula is C41H43BRu-.